The zero-order valence-electron chi connectivity index (χ0n) is 7.29. The molecule has 0 amide bonds. The summed E-state index contributed by atoms with van der Waals surface area (Å²) < 4.78 is 5.40. The van der Waals surface area contributed by atoms with Gasteiger partial charge in [-0.05, 0) is 15.9 Å². The molecule has 0 bridgehead atoms. The van der Waals surface area contributed by atoms with Crippen LogP contribution in [0.15, 0.2) is 16.6 Å². The molecule has 0 unspecified atom stereocenters. The summed E-state index contributed by atoms with van der Waals surface area (Å²) in [6, 6.07) is 2.94. The summed E-state index contributed by atoms with van der Waals surface area (Å²) in [5.74, 6) is 0.717. The Kier molecular flexibility index (Phi) is 3.71. The Bertz CT molecular complexity index is 370. The minimum Gasteiger partial charge on any atom is -0.496 e. The molecule has 0 heterocycles. The summed E-state index contributed by atoms with van der Waals surface area (Å²) in [6.45, 7) is 0. The van der Waals surface area contributed by atoms with Crippen molar-refractivity contribution >= 4 is 33.2 Å². The lowest BCUT2D eigenvalue weighted by molar-refractivity contribution is -0.385. The summed E-state index contributed by atoms with van der Waals surface area (Å²) in [7, 11) is 1.49. The molecule has 0 saturated heterocycles. The van der Waals surface area contributed by atoms with Crippen LogP contribution >= 0.6 is 27.5 Å². The zero-order valence-corrected chi connectivity index (χ0v) is 9.63. The van der Waals surface area contributed by atoms with Crippen LogP contribution in [-0.4, -0.2) is 12.0 Å². The number of hydrogen-bond donors (Lipinski definition) is 0. The third-order valence-corrected chi connectivity index (χ3v) is 2.61. The molecule has 0 aliphatic rings. The van der Waals surface area contributed by atoms with Crippen LogP contribution in [0.1, 0.15) is 5.56 Å². The van der Waals surface area contributed by atoms with Gasteiger partial charge in [-0.3, -0.25) is 10.1 Å². The fourth-order valence-corrected chi connectivity index (χ4v) is 1.70. The number of alkyl halides is 1. The fraction of sp³-hybridized carbons (Fsp3) is 0.250. The Balaban J connectivity index is 3.30. The van der Waals surface area contributed by atoms with E-state index in [1.54, 1.807) is 0 Å². The molecule has 0 N–H and O–H groups in total. The van der Waals surface area contributed by atoms with Crippen molar-refractivity contribution in [2.75, 3.05) is 7.11 Å². The largest absolute Gasteiger partial charge is 0.496 e. The van der Waals surface area contributed by atoms with Gasteiger partial charge in [0, 0.05) is 17.7 Å². The summed E-state index contributed by atoms with van der Waals surface area (Å²) in [5.41, 5.74) is 0.588. The van der Waals surface area contributed by atoms with Gasteiger partial charge in [0.15, 0.2) is 0 Å². The van der Waals surface area contributed by atoms with E-state index in [0.29, 0.717) is 15.8 Å². The van der Waals surface area contributed by atoms with Crippen molar-refractivity contribution in [2.45, 2.75) is 5.88 Å². The van der Waals surface area contributed by atoms with Crippen molar-refractivity contribution in [3.63, 3.8) is 0 Å². The van der Waals surface area contributed by atoms with Crippen LogP contribution in [0.25, 0.3) is 0 Å². The van der Waals surface area contributed by atoms with Crippen LogP contribution in [-0.2, 0) is 5.88 Å². The SMILES string of the molecule is COc1cc(Br)c([N+](=O)[O-])cc1CCl. The number of hydrogen-bond acceptors (Lipinski definition) is 3. The number of rotatable bonds is 3. The van der Waals surface area contributed by atoms with Crippen LogP contribution in [0, 0.1) is 10.1 Å². The van der Waals surface area contributed by atoms with Crippen LogP contribution < -0.4 is 4.74 Å². The third-order valence-electron chi connectivity index (χ3n) is 1.69. The third kappa shape index (κ3) is 2.16. The zero-order chi connectivity index (χ0) is 10.7. The standard InChI is InChI=1S/C8H7BrClNO3/c1-14-8-3-6(9)7(11(12)13)2-5(8)4-10/h2-3H,4H2,1H3. The van der Waals surface area contributed by atoms with E-state index in [9.17, 15) is 10.1 Å². The predicted molar refractivity (Wildman–Crippen MR) is 56.9 cm³/mol. The normalized spacial score (nSPS) is 9.93. The first kappa shape index (κ1) is 11.3. The van der Waals surface area contributed by atoms with Crippen molar-refractivity contribution in [3.8, 4) is 5.75 Å². The van der Waals surface area contributed by atoms with Gasteiger partial charge in [-0.1, -0.05) is 0 Å². The summed E-state index contributed by atoms with van der Waals surface area (Å²) in [6.07, 6.45) is 0. The van der Waals surface area contributed by atoms with E-state index in [-0.39, 0.29) is 11.6 Å². The molecule has 1 aromatic rings. The number of benzene rings is 1. The van der Waals surface area contributed by atoms with Crippen LogP contribution in [0.4, 0.5) is 5.69 Å². The van der Waals surface area contributed by atoms with Crippen LogP contribution in [0.3, 0.4) is 0 Å². The first-order valence-electron chi connectivity index (χ1n) is 3.67. The van der Waals surface area contributed by atoms with E-state index < -0.39 is 4.92 Å². The molecule has 0 radical (unpaired) electrons. The molecule has 6 heteroatoms. The molecular formula is C8H7BrClNO3. The van der Waals surface area contributed by atoms with Gasteiger partial charge < -0.3 is 4.74 Å². The van der Waals surface area contributed by atoms with Crippen molar-refractivity contribution in [1.82, 2.24) is 0 Å². The van der Waals surface area contributed by atoms with E-state index in [4.69, 9.17) is 16.3 Å². The lowest BCUT2D eigenvalue weighted by Crippen LogP contribution is -1.95. The van der Waals surface area contributed by atoms with Crippen molar-refractivity contribution < 1.29 is 9.66 Å². The average Bonchev–Trinajstić information content (AvgIpc) is 2.16. The minimum absolute atomic E-state index is 0.0125. The predicted octanol–water partition coefficient (Wildman–Crippen LogP) is 3.10. The van der Waals surface area contributed by atoms with Crippen LogP contribution in [0.2, 0.25) is 0 Å². The Hall–Kier alpha value is -0.810. The summed E-state index contributed by atoms with van der Waals surface area (Å²) >= 11 is 8.71. The van der Waals surface area contributed by atoms with Crippen LogP contribution in [0.5, 0.6) is 5.75 Å². The second-order valence-electron chi connectivity index (χ2n) is 2.51. The number of nitro groups is 1. The highest BCUT2D eigenvalue weighted by atomic mass is 79.9. The number of halogens is 2. The van der Waals surface area contributed by atoms with Gasteiger partial charge in [0.1, 0.15) is 5.75 Å². The molecule has 0 aliphatic carbocycles. The van der Waals surface area contributed by atoms with Crippen molar-refractivity contribution in [2.24, 2.45) is 0 Å². The molecule has 14 heavy (non-hydrogen) atoms. The highest BCUT2D eigenvalue weighted by Gasteiger charge is 2.16. The van der Waals surface area contributed by atoms with E-state index in [1.807, 2.05) is 0 Å². The molecule has 1 rings (SSSR count). The molecular weight excluding hydrogens is 273 g/mol. The van der Waals surface area contributed by atoms with Gasteiger partial charge in [0.05, 0.1) is 22.4 Å². The van der Waals surface area contributed by atoms with Gasteiger partial charge in [-0.25, -0.2) is 0 Å². The highest BCUT2D eigenvalue weighted by molar-refractivity contribution is 9.10. The fourth-order valence-electron chi connectivity index (χ4n) is 1.02. The van der Waals surface area contributed by atoms with Gasteiger partial charge in [0.25, 0.3) is 5.69 Å². The molecule has 0 aromatic heterocycles. The molecule has 0 spiro atoms. The Morgan fingerprint density at radius 3 is 2.71 bits per heavy atom. The maximum absolute atomic E-state index is 10.6. The number of ether oxygens (including phenoxy) is 1. The molecule has 76 valence electrons. The molecule has 0 saturated carbocycles. The number of methoxy groups -OCH3 is 1. The van der Waals surface area contributed by atoms with E-state index >= 15 is 0 Å². The minimum atomic E-state index is -0.473. The van der Waals surface area contributed by atoms with Gasteiger partial charge in [-0.2, -0.15) is 0 Å². The molecule has 0 fully saturated rings. The van der Waals surface area contributed by atoms with E-state index in [0.717, 1.165) is 0 Å². The van der Waals surface area contributed by atoms with E-state index in [1.165, 1.54) is 19.2 Å². The van der Waals surface area contributed by atoms with Crippen molar-refractivity contribution in [3.05, 3.63) is 32.3 Å². The second-order valence-corrected chi connectivity index (χ2v) is 3.63. The maximum atomic E-state index is 10.6. The molecule has 0 atom stereocenters. The smallest absolute Gasteiger partial charge is 0.284 e. The lowest BCUT2D eigenvalue weighted by atomic mass is 10.2. The first-order chi connectivity index (χ1) is 6.60. The average molecular weight is 281 g/mol. The van der Waals surface area contributed by atoms with Crippen molar-refractivity contribution in [1.29, 1.82) is 0 Å². The van der Waals surface area contributed by atoms with E-state index in [2.05, 4.69) is 15.9 Å². The molecule has 4 nitrogen and oxygen atoms in total. The topological polar surface area (TPSA) is 52.4 Å². The Labute approximate surface area is 94.1 Å². The quantitative estimate of drug-likeness (QED) is 0.485. The summed E-state index contributed by atoms with van der Waals surface area (Å²) in [5, 5.41) is 10.6. The van der Waals surface area contributed by atoms with Gasteiger partial charge >= 0.3 is 0 Å². The monoisotopic (exact) mass is 279 g/mol. The number of nitrogens with zero attached hydrogens (tertiary/aromatic N) is 1. The Morgan fingerprint density at radius 1 is 1.64 bits per heavy atom. The highest BCUT2D eigenvalue weighted by Crippen LogP contribution is 2.33. The Morgan fingerprint density at radius 2 is 2.29 bits per heavy atom. The van der Waals surface area contributed by atoms with Gasteiger partial charge in [0.2, 0.25) is 0 Å². The lowest BCUT2D eigenvalue weighted by Gasteiger charge is -2.06. The summed E-state index contributed by atoms with van der Waals surface area (Å²) in [4.78, 5) is 10.1. The molecule has 0 aliphatic heterocycles. The first-order valence-corrected chi connectivity index (χ1v) is 4.99. The van der Waals surface area contributed by atoms with Gasteiger partial charge in [-0.15, -0.1) is 11.6 Å². The second kappa shape index (κ2) is 4.61. The molecule has 1 aromatic carbocycles. The number of nitro benzene ring substituents is 1. The maximum Gasteiger partial charge on any atom is 0.284 e.